The van der Waals surface area contributed by atoms with Crippen LogP contribution in [-0.2, 0) is 0 Å². The first kappa shape index (κ1) is 12.9. The van der Waals surface area contributed by atoms with E-state index in [1.54, 1.807) is 6.07 Å². The van der Waals surface area contributed by atoms with Crippen molar-refractivity contribution in [1.29, 1.82) is 0 Å². The van der Waals surface area contributed by atoms with Gasteiger partial charge in [0.1, 0.15) is 11.8 Å². The molecule has 5 heteroatoms. The van der Waals surface area contributed by atoms with Gasteiger partial charge in [0.15, 0.2) is 11.9 Å². The van der Waals surface area contributed by atoms with E-state index in [2.05, 4.69) is 10.6 Å². The summed E-state index contributed by atoms with van der Waals surface area (Å²) in [6.45, 7) is 2.47. The molecule has 1 aliphatic rings. The first-order valence-corrected chi connectivity index (χ1v) is 6.73. The Kier molecular flexibility index (Phi) is 3.80. The summed E-state index contributed by atoms with van der Waals surface area (Å²) in [6, 6.07) is 13.0. The molecule has 2 aromatic rings. The molecule has 0 saturated carbocycles. The van der Waals surface area contributed by atoms with Gasteiger partial charge in [0.25, 0.3) is 5.69 Å². The zero-order chi connectivity index (χ0) is 13.8. The van der Waals surface area contributed by atoms with Gasteiger partial charge < -0.3 is 20.6 Å². The Bertz CT molecular complexity index is 569. The zero-order valence-corrected chi connectivity index (χ0v) is 11.1. The fourth-order valence-electron chi connectivity index (χ4n) is 2.36. The molecule has 0 bridgehead atoms. The van der Waals surface area contributed by atoms with Crippen LogP contribution in [0.15, 0.2) is 48.7 Å². The van der Waals surface area contributed by atoms with Crippen LogP contribution in [0.5, 0.6) is 11.5 Å². The maximum Gasteiger partial charge on any atom is 0.253 e. The first-order valence-electron chi connectivity index (χ1n) is 6.73. The molecular formula is C15H17N3O2. The molecule has 1 aromatic heterocycles. The second-order valence-electron chi connectivity index (χ2n) is 4.71. The van der Waals surface area contributed by atoms with Crippen LogP contribution in [0.25, 0.3) is 0 Å². The average molecular weight is 271 g/mol. The van der Waals surface area contributed by atoms with Gasteiger partial charge in [-0.15, -0.1) is 0 Å². The maximum atomic E-state index is 12.1. The van der Waals surface area contributed by atoms with Crippen molar-refractivity contribution < 1.29 is 9.47 Å². The number of piperazine rings is 1. The number of benzene rings is 1. The van der Waals surface area contributed by atoms with Crippen LogP contribution < -0.4 is 20.1 Å². The minimum atomic E-state index is -0.0406. The number of rotatable bonds is 3. The van der Waals surface area contributed by atoms with E-state index in [1.807, 2.05) is 36.4 Å². The lowest BCUT2D eigenvalue weighted by Crippen LogP contribution is -2.47. The number of pyridine rings is 1. The highest BCUT2D eigenvalue weighted by Gasteiger charge is 2.26. The Balaban J connectivity index is 1.92. The molecule has 1 unspecified atom stereocenters. The Morgan fingerprint density at radius 3 is 2.70 bits per heavy atom. The SMILES string of the molecule is [O-][n+]1cccc(Oc2ccccc2)c1C1CNCCN1. The Hall–Kier alpha value is -2.11. The molecule has 2 heterocycles. The smallest absolute Gasteiger partial charge is 0.253 e. The molecule has 1 fully saturated rings. The molecule has 3 rings (SSSR count). The fourth-order valence-corrected chi connectivity index (χ4v) is 2.36. The highest BCUT2D eigenvalue weighted by molar-refractivity contribution is 5.33. The molecule has 20 heavy (non-hydrogen) atoms. The molecule has 0 radical (unpaired) electrons. The van der Waals surface area contributed by atoms with E-state index < -0.39 is 0 Å². The number of hydrogen-bond donors (Lipinski definition) is 2. The van der Waals surface area contributed by atoms with Gasteiger partial charge in [-0.3, -0.25) is 0 Å². The van der Waals surface area contributed by atoms with E-state index in [-0.39, 0.29) is 6.04 Å². The van der Waals surface area contributed by atoms with Gasteiger partial charge in [-0.05, 0) is 18.2 Å². The van der Waals surface area contributed by atoms with Gasteiger partial charge in [0, 0.05) is 25.7 Å². The van der Waals surface area contributed by atoms with E-state index >= 15 is 0 Å². The van der Waals surface area contributed by atoms with Gasteiger partial charge in [-0.25, -0.2) is 0 Å². The van der Waals surface area contributed by atoms with E-state index in [4.69, 9.17) is 4.74 Å². The normalized spacial score (nSPS) is 18.7. The summed E-state index contributed by atoms with van der Waals surface area (Å²) in [6.07, 6.45) is 1.50. The highest BCUT2D eigenvalue weighted by Crippen LogP contribution is 2.27. The van der Waals surface area contributed by atoms with Crippen molar-refractivity contribution in [2.75, 3.05) is 19.6 Å². The third kappa shape index (κ3) is 2.74. The van der Waals surface area contributed by atoms with Crippen LogP contribution in [0.1, 0.15) is 11.7 Å². The van der Waals surface area contributed by atoms with Crippen LogP contribution in [0.2, 0.25) is 0 Å². The molecule has 0 aliphatic carbocycles. The van der Waals surface area contributed by atoms with E-state index in [1.165, 1.54) is 6.20 Å². The molecule has 1 aliphatic heterocycles. The molecule has 1 saturated heterocycles. The third-order valence-electron chi connectivity index (χ3n) is 3.30. The zero-order valence-electron chi connectivity index (χ0n) is 11.1. The number of para-hydroxylation sites is 1. The van der Waals surface area contributed by atoms with Crippen molar-refractivity contribution in [2.24, 2.45) is 0 Å². The summed E-state index contributed by atoms with van der Waals surface area (Å²) in [5.74, 6) is 1.32. The van der Waals surface area contributed by atoms with Crippen molar-refractivity contribution in [3.8, 4) is 11.5 Å². The summed E-state index contributed by atoms with van der Waals surface area (Å²) in [4.78, 5) is 0. The van der Waals surface area contributed by atoms with Gasteiger partial charge in [-0.1, -0.05) is 18.2 Å². The highest BCUT2D eigenvalue weighted by atomic mass is 16.5. The Morgan fingerprint density at radius 1 is 1.10 bits per heavy atom. The first-order chi connectivity index (χ1) is 9.84. The molecule has 1 atom stereocenters. The lowest BCUT2D eigenvalue weighted by Gasteiger charge is -2.24. The predicted molar refractivity (Wildman–Crippen MR) is 75.5 cm³/mol. The lowest BCUT2D eigenvalue weighted by atomic mass is 10.1. The topological polar surface area (TPSA) is 60.2 Å². The van der Waals surface area contributed by atoms with Crippen molar-refractivity contribution >= 4 is 0 Å². The molecule has 2 N–H and O–H groups in total. The van der Waals surface area contributed by atoms with E-state index in [0.717, 1.165) is 30.1 Å². The monoisotopic (exact) mass is 271 g/mol. The van der Waals surface area contributed by atoms with Crippen molar-refractivity contribution in [1.82, 2.24) is 10.6 Å². The summed E-state index contributed by atoms with van der Waals surface area (Å²) in [5, 5.41) is 18.7. The fraction of sp³-hybridized carbons (Fsp3) is 0.267. The summed E-state index contributed by atoms with van der Waals surface area (Å²) < 4.78 is 6.73. The largest absolute Gasteiger partial charge is 0.618 e. The molecule has 0 amide bonds. The predicted octanol–water partition coefficient (Wildman–Crippen LogP) is 1.35. The van der Waals surface area contributed by atoms with Crippen LogP contribution in [0, 0.1) is 5.21 Å². The summed E-state index contributed by atoms with van der Waals surface area (Å²) in [7, 11) is 0. The molecule has 104 valence electrons. The molecular weight excluding hydrogens is 254 g/mol. The number of nitrogens with one attached hydrogen (secondary N) is 2. The van der Waals surface area contributed by atoms with Crippen LogP contribution in [0.4, 0.5) is 0 Å². The van der Waals surface area contributed by atoms with Gasteiger partial charge in [-0.2, -0.15) is 4.73 Å². The van der Waals surface area contributed by atoms with Gasteiger partial charge in [0.05, 0.1) is 0 Å². The van der Waals surface area contributed by atoms with Crippen molar-refractivity contribution in [3.63, 3.8) is 0 Å². The second kappa shape index (κ2) is 5.90. The van der Waals surface area contributed by atoms with Gasteiger partial charge in [0.2, 0.25) is 0 Å². The lowest BCUT2D eigenvalue weighted by molar-refractivity contribution is -0.616. The molecule has 1 aromatic carbocycles. The van der Waals surface area contributed by atoms with Crippen molar-refractivity contribution in [2.45, 2.75) is 6.04 Å². The Labute approximate surface area is 117 Å². The molecule has 5 nitrogen and oxygen atoms in total. The minimum absolute atomic E-state index is 0.0406. The summed E-state index contributed by atoms with van der Waals surface area (Å²) in [5.41, 5.74) is 0.614. The van der Waals surface area contributed by atoms with E-state index in [0.29, 0.717) is 11.4 Å². The number of aromatic nitrogens is 1. The average Bonchev–Trinajstić information content (AvgIpc) is 2.49. The van der Waals surface area contributed by atoms with Crippen LogP contribution >= 0.6 is 0 Å². The van der Waals surface area contributed by atoms with Crippen LogP contribution in [0.3, 0.4) is 0 Å². The molecule has 0 spiro atoms. The number of hydrogen-bond acceptors (Lipinski definition) is 4. The number of ether oxygens (including phenoxy) is 1. The second-order valence-corrected chi connectivity index (χ2v) is 4.71. The Morgan fingerprint density at radius 2 is 1.95 bits per heavy atom. The van der Waals surface area contributed by atoms with Gasteiger partial charge >= 0.3 is 0 Å². The maximum absolute atomic E-state index is 12.1. The third-order valence-corrected chi connectivity index (χ3v) is 3.30. The number of nitrogens with zero attached hydrogens (tertiary/aromatic N) is 1. The van der Waals surface area contributed by atoms with Crippen molar-refractivity contribution in [3.05, 3.63) is 59.6 Å². The minimum Gasteiger partial charge on any atom is -0.618 e. The summed E-state index contributed by atoms with van der Waals surface area (Å²) >= 11 is 0. The quantitative estimate of drug-likeness (QED) is 0.653. The standard InChI is InChI=1S/C15H17N3O2/c19-18-10-4-7-14(20-12-5-2-1-3-6-12)15(18)13-11-16-8-9-17-13/h1-7,10,13,16-17H,8-9,11H2. The van der Waals surface area contributed by atoms with E-state index in [9.17, 15) is 5.21 Å². The van der Waals surface area contributed by atoms with Crippen LogP contribution in [-0.4, -0.2) is 19.6 Å².